The summed E-state index contributed by atoms with van der Waals surface area (Å²) in [4.78, 5) is 22.3. The van der Waals surface area contributed by atoms with E-state index in [0.717, 1.165) is 55.7 Å². The van der Waals surface area contributed by atoms with Gasteiger partial charge in [-0.2, -0.15) is 0 Å². The third-order valence-corrected chi connectivity index (χ3v) is 7.23. The highest BCUT2D eigenvalue weighted by Gasteiger charge is 2.35. The van der Waals surface area contributed by atoms with Gasteiger partial charge in [-0.15, -0.1) is 11.6 Å². The molecule has 0 aliphatic carbocycles. The van der Waals surface area contributed by atoms with E-state index in [0.29, 0.717) is 18.1 Å². The molecule has 6 nitrogen and oxygen atoms in total. The molecular formula is C28H24ClN3O3. The molecule has 2 N–H and O–H groups in total. The third kappa shape index (κ3) is 3.44. The summed E-state index contributed by atoms with van der Waals surface area (Å²) in [6.45, 7) is 0.530. The van der Waals surface area contributed by atoms with Crippen LogP contribution in [0.25, 0.3) is 32.9 Å². The smallest absolute Gasteiger partial charge is 0.274 e. The zero-order valence-corrected chi connectivity index (χ0v) is 20.1. The Balaban J connectivity index is 1.48. The van der Waals surface area contributed by atoms with Gasteiger partial charge in [0.15, 0.2) is 0 Å². The lowest BCUT2D eigenvalue weighted by molar-refractivity contribution is 0.0984. The number of hydrogen-bond acceptors (Lipinski definition) is 3. The standard InChI is InChI=1S/C28H24ClN3O3/c1-34-19-5-3-16(4-6-19)22-13-25-26(21-9-10-30-27(21)22)18(14-29)15-32(25)28(33)24-12-17-11-20(35-2)7-8-23(17)31-24/h3-13,18,30-31H,14-15H2,1-2H3. The van der Waals surface area contributed by atoms with E-state index in [-0.39, 0.29) is 11.8 Å². The Morgan fingerprint density at radius 1 is 1.03 bits per heavy atom. The average molecular weight is 486 g/mol. The largest absolute Gasteiger partial charge is 0.497 e. The molecule has 6 rings (SSSR count). The number of rotatable bonds is 5. The van der Waals surface area contributed by atoms with Crippen LogP contribution in [0, 0.1) is 0 Å². The van der Waals surface area contributed by atoms with Gasteiger partial charge in [-0.25, -0.2) is 0 Å². The van der Waals surface area contributed by atoms with Gasteiger partial charge in [-0.3, -0.25) is 4.79 Å². The number of benzene rings is 3. The molecule has 1 aliphatic rings. The Morgan fingerprint density at radius 3 is 2.54 bits per heavy atom. The fourth-order valence-corrected chi connectivity index (χ4v) is 5.37. The second kappa shape index (κ2) is 8.40. The van der Waals surface area contributed by atoms with Crippen LogP contribution in [0.3, 0.4) is 0 Å². The van der Waals surface area contributed by atoms with Gasteiger partial charge in [0.25, 0.3) is 5.91 Å². The van der Waals surface area contributed by atoms with Crippen LogP contribution in [0.1, 0.15) is 22.0 Å². The third-order valence-electron chi connectivity index (χ3n) is 6.86. The molecule has 1 aliphatic heterocycles. The number of aromatic nitrogens is 2. The molecule has 1 amide bonds. The first kappa shape index (κ1) is 21.6. The van der Waals surface area contributed by atoms with Crippen molar-refractivity contribution in [3.8, 4) is 22.6 Å². The number of hydrogen-bond donors (Lipinski definition) is 2. The number of aromatic amines is 2. The first-order chi connectivity index (χ1) is 17.1. The maximum absolute atomic E-state index is 13.8. The number of carbonyl (C=O) groups excluding carboxylic acids is 1. The number of amides is 1. The summed E-state index contributed by atoms with van der Waals surface area (Å²) in [6, 6.07) is 19.7. The molecule has 2 aromatic heterocycles. The molecule has 176 valence electrons. The molecule has 0 radical (unpaired) electrons. The number of nitrogens with zero attached hydrogens (tertiary/aromatic N) is 1. The lowest BCUT2D eigenvalue weighted by Crippen LogP contribution is -2.30. The first-order valence-corrected chi connectivity index (χ1v) is 12.0. The fraction of sp³-hybridized carbons (Fsp3) is 0.179. The average Bonchev–Trinajstić information content (AvgIpc) is 3.63. The van der Waals surface area contributed by atoms with Crippen LogP contribution >= 0.6 is 11.6 Å². The summed E-state index contributed by atoms with van der Waals surface area (Å²) < 4.78 is 10.7. The van der Waals surface area contributed by atoms with Crippen LogP contribution in [-0.4, -0.2) is 42.5 Å². The van der Waals surface area contributed by atoms with E-state index in [1.807, 2.05) is 59.6 Å². The minimum Gasteiger partial charge on any atom is -0.497 e. The highest BCUT2D eigenvalue weighted by atomic mass is 35.5. The van der Waals surface area contributed by atoms with Gasteiger partial charge in [0.05, 0.1) is 19.7 Å². The number of anilines is 1. The molecule has 35 heavy (non-hydrogen) atoms. The molecule has 7 heteroatoms. The number of ether oxygens (including phenoxy) is 2. The van der Waals surface area contributed by atoms with E-state index in [1.165, 1.54) is 0 Å². The maximum Gasteiger partial charge on any atom is 0.274 e. The summed E-state index contributed by atoms with van der Waals surface area (Å²) in [7, 11) is 3.29. The van der Waals surface area contributed by atoms with Crippen LogP contribution in [-0.2, 0) is 0 Å². The number of fused-ring (bicyclic) bond motifs is 4. The van der Waals surface area contributed by atoms with E-state index in [1.54, 1.807) is 14.2 Å². The molecule has 0 bridgehead atoms. The zero-order valence-electron chi connectivity index (χ0n) is 19.4. The molecule has 1 atom stereocenters. The van der Waals surface area contributed by atoms with E-state index in [2.05, 4.69) is 22.1 Å². The van der Waals surface area contributed by atoms with Crippen LogP contribution in [0.4, 0.5) is 5.69 Å². The Kier molecular flexibility index (Phi) is 5.19. The zero-order chi connectivity index (χ0) is 24.1. The van der Waals surface area contributed by atoms with Gasteiger partial charge in [-0.1, -0.05) is 12.1 Å². The summed E-state index contributed by atoms with van der Waals surface area (Å²) in [5.41, 5.74) is 6.55. The van der Waals surface area contributed by atoms with Gasteiger partial charge in [0.2, 0.25) is 0 Å². The van der Waals surface area contributed by atoms with Crippen molar-refractivity contribution in [2.24, 2.45) is 0 Å². The Morgan fingerprint density at radius 2 is 1.80 bits per heavy atom. The van der Waals surface area contributed by atoms with E-state index >= 15 is 0 Å². The second-order valence-electron chi connectivity index (χ2n) is 8.75. The monoisotopic (exact) mass is 485 g/mol. The fourth-order valence-electron chi connectivity index (χ4n) is 5.12. The number of halogens is 1. The highest BCUT2D eigenvalue weighted by molar-refractivity contribution is 6.19. The van der Waals surface area contributed by atoms with E-state index < -0.39 is 0 Å². The topological polar surface area (TPSA) is 70.3 Å². The predicted molar refractivity (Wildman–Crippen MR) is 140 cm³/mol. The molecule has 0 saturated heterocycles. The number of carbonyl (C=O) groups is 1. The molecule has 5 aromatic rings. The van der Waals surface area contributed by atoms with E-state index in [4.69, 9.17) is 21.1 Å². The summed E-state index contributed by atoms with van der Waals surface area (Å²) in [5.74, 6) is 1.95. The van der Waals surface area contributed by atoms with Crippen LogP contribution in [0.15, 0.2) is 66.9 Å². The van der Waals surface area contributed by atoms with Gasteiger partial charge < -0.3 is 24.3 Å². The van der Waals surface area contributed by atoms with Crippen molar-refractivity contribution < 1.29 is 14.3 Å². The van der Waals surface area contributed by atoms with Crippen LogP contribution in [0.2, 0.25) is 0 Å². The predicted octanol–water partition coefficient (Wildman–Crippen LogP) is 6.32. The van der Waals surface area contributed by atoms with Crippen molar-refractivity contribution >= 4 is 45.0 Å². The van der Waals surface area contributed by atoms with Crippen molar-refractivity contribution in [1.29, 1.82) is 0 Å². The second-order valence-corrected chi connectivity index (χ2v) is 9.06. The Labute approximate surface area is 207 Å². The van der Waals surface area contributed by atoms with Crippen molar-refractivity contribution in [3.63, 3.8) is 0 Å². The highest BCUT2D eigenvalue weighted by Crippen LogP contribution is 2.46. The molecule has 0 spiro atoms. The van der Waals surface area contributed by atoms with Crippen LogP contribution in [0.5, 0.6) is 11.5 Å². The number of nitrogens with one attached hydrogen (secondary N) is 2. The van der Waals surface area contributed by atoms with Gasteiger partial charge in [0.1, 0.15) is 17.2 Å². The van der Waals surface area contributed by atoms with Crippen molar-refractivity contribution in [3.05, 3.63) is 78.1 Å². The summed E-state index contributed by atoms with van der Waals surface area (Å²) in [5, 5.41) is 2.02. The van der Waals surface area contributed by atoms with Gasteiger partial charge in [0, 0.05) is 52.1 Å². The summed E-state index contributed by atoms with van der Waals surface area (Å²) >= 11 is 6.42. The SMILES string of the molecule is COc1ccc(-c2cc3c(c4cc[nH]c24)C(CCl)CN3C(=O)c2cc3cc(OC)ccc3[nH]2)cc1. The lowest BCUT2D eigenvalue weighted by atomic mass is 9.94. The number of methoxy groups -OCH3 is 2. The number of alkyl halides is 1. The van der Waals surface area contributed by atoms with Crippen LogP contribution < -0.4 is 14.4 Å². The lowest BCUT2D eigenvalue weighted by Gasteiger charge is -2.18. The maximum atomic E-state index is 13.8. The Bertz CT molecular complexity index is 1570. The van der Waals surface area contributed by atoms with Crippen molar-refractivity contribution in [2.45, 2.75) is 5.92 Å². The minimum atomic E-state index is -0.0791. The normalized spacial score (nSPS) is 15.1. The molecule has 3 heterocycles. The van der Waals surface area contributed by atoms with Gasteiger partial charge in [-0.05, 0) is 59.7 Å². The molecular weight excluding hydrogens is 462 g/mol. The molecule has 1 unspecified atom stereocenters. The minimum absolute atomic E-state index is 0.0447. The molecule has 3 aromatic carbocycles. The summed E-state index contributed by atoms with van der Waals surface area (Å²) in [6.07, 6.45) is 1.94. The molecule has 0 saturated carbocycles. The van der Waals surface area contributed by atoms with Gasteiger partial charge >= 0.3 is 0 Å². The van der Waals surface area contributed by atoms with Crippen molar-refractivity contribution in [1.82, 2.24) is 9.97 Å². The number of H-pyrrole nitrogens is 2. The molecule has 0 fully saturated rings. The first-order valence-electron chi connectivity index (χ1n) is 11.4. The Hall–Kier alpha value is -3.90. The quantitative estimate of drug-likeness (QED) is 0.286. The van der Waals surface area contributed by atoms with Crippen molar-refractivity contribution in [2.75, 3.05) is 31.5 Å². The van der Waals surface area contributed by atoms with E-state index in [9.17, 15) is 4.79 Å².